The van der Waals surface area contributed by atoms with Crippen LogP contribution in [0.2, 0.25) is 0 Å². The predicted octanol–water partition coefficient (Wildman–Crippen LogP) is 6.09. The number of rotatable bonds is 2. The van der Waals surface area contributed by atoms with Crippen LogP contribution in [0.15, 0.2) is 36.4 Å². The molecule has 1 N–H and O–H groups in total. The molecule has 1 unspecified atom stereocenters. The number of hydrogen-bond acceptors (Lipinski definition) is 3. The van der Waals surface area contributed by atoms with Crippen molar-refractivity contribution >= 4 is 27.7 Å². The van der Waals surface area contributed by atoms with Gasteiger partial charge in [-0.1, -0.05) is 44.2 Å². The third kappa shape index (κ3) is 3.63. The molecule has 0 aliphatic carbocycles. The van der Waals surface area contributed by atoms with Crippen LogP contribution in [0.25, 0.3) is 0 Å². The van der Waals surface area contributed by atoms with E-state index in [9.17, 15) is 8.78 Å². The minimum atomic E-state index is -2.72. The molecule has 3 nitrogen and oxygen atoms in total. The van der Waals surface area contributed by atoms with Gasteiger partial charge in [-0.15, -0.1) is 4.65 Å². The van der Waals surface area contributed by atoms with Crippen LogP contribution in [0.3, 0.4) is 0 Å². The zero-order chi connectivity index (χ0) is 19.0. The molecule has 1 atom stereocenters. The number of hydrogen-bond donors (Lipinski definition) is 1. The zero-order valence-corrected chi connectivity index (χ0v) is 16.6. The standard InChI is InChI=1S/C20H27F2N2OS/c1-19(2,3)17-9-10-18(26-17)24(25-4)14-12-20(21,22)11-13-23-15-7-5-6-8-16(15)24/h5-10,23H,11-14H2,1-4H3/q+1. The second-order valence-corrected chi connectivity index (χ2v) is 8.90. The van der Waals surface area contributed by atoms with Crippen molar-refractivity contribution in [2.45, 2.75) is 45.0 Å². The summed E-state index contributed by atoms with van der Waals surface area (Å²) in [6.45, 7) is 6.89. The molecule has 2 aromatic rings. The zero-order valence-electron chi connectivity index (χ0n) is 15.8. The monoisotopic (exact) mass is 381 g/mol. The fourth-order valence-electron chi connectivity index (χ4n) is 3.32. The lowest BCUT2D eigenvalue weighted by atomic mass is 9.95. The van der Waals surface area contributed by atoms with Gasteiger partial charge in [-0.05, 0) is 17.5 Å². The van der Waals surface area contributed by atoms with Gasteiger partial charge in [0.25, 0.3) is 5.92 Å². The summed E-state index contributed by atoms with van der Waals surface area (Å²) in [6.07, 6.45) is -0.400. The van der Waals surface area contributed by atoms with E-state index in [1.807, 2.05) is 30.3 Å². The number of quaternary nitrogens is 1. The normalized spacial score (nSPS) is 23.3. The summed E-state index contributed by atoms with van der Waals surface area (Å²) in [5.41, 5.74) is 1.72. The fourth-order valence-corrected chi connectivity index (χ4v) is 4.53. The topological polar surface area (TPSA) is 21.3 Å². The molecular weight excluding hydrogens is 354 g/mol. The van der Waals surface area contributed by atoms with Crippen molar-refractivity contribution in [2.24, 2.45) is 0 Å². The fraction of sp³-hybridized carbons (Fsp3) is 0.500. The lowest BCUT2D eigenvalue weighted by molar-refractivity contribution is -0.0932. The van der Waals surface area contributed by atoms with Crippen LogP contribution in [-0.2, 0) is 10.3 Å². The summed E-state index contributed by atoms with van der Waals surface area (Å²) in [5.74, 6) is -2.72. The molecule has 3 rings (SSSR count). The van der Waals surface area contributed by atoms with Crippen LogP contribution in [-0.4, -0.2) is 26.1 Å². The van der Waals surface area contributed by atoms with Crippen molar-refractivity contribution in [1.29, 1.82) is 0 Å². The molecule has 0 spiro atoms. The van der Waals surface area contributed by atoms with Gasteiger partial charge < -0.3 is 5.32 Å². The Hall–Kier alpha value is -1.50. The van der Waals surface area contributed by atoms with E-state index in [0.29, 0.717) is 0 Å². The number of fused-ring (bicyclic) bond motifs is 1. The Kier molecular flexibility index (Phi) is 5.12. The number of halogens is 2. The Morgan fingerprint density at radius 3 is 2.50 bits per heavy atom. The van der Waals surface area contributed by atoms with Crippen molar-refractivity contribution in [2.75, 3.05) is 25.5 Å². The molecule has 1 aliphatic heterocycles. The van der Waals surface area contributed by atoms with Gasteiger partial charge in [-0.2, -0.15) is 4.84 Å². The molecule has 0 saturated heterocycles. The third-order valence-electron chi connectivity index (χ3n) is 4.89. The van der Waals surface area contributed by atoms with Gasteiger partial charge in [0.05, 0.1) is 19.2 Å². The number of alkyl halides is 2. The van der Waals surface area contributed by atoms with Gasteiger partial charge >= 0.3 is 0 Å². The highest BCUT2D eigenvalue weighted by Gasteiger charge is 2.44. The van der Waals surface area contributed by atoms with Crippen molar-refractivity contribution < 1.29 is 13.6 Å². The molecular formula is C20H27F2N2OS+. The average Bonchev–Trinajstić information content (AvgIpc) is 3.08. The summed E-state index contributed by atoms with van der Waals surface area (Å²) in [4.78, 5) is 7.18. The molecule has 0 radical (unpaired) electrons. The third-order valence-corrected chi connectivity index (χ3v) is 6.50. The van der Waals surface area contributed by atoms with Gasteiger partial charge in [0, 0.05) is 30.0 Å². The first-order valence-corrected chi connectivity index (χ1v) is 9.76. The molecule has 0 bridgehead atoms. The highest BCUT2D eigenvalue weighted by atomic mass is 32.1. The number of anilines is 1. The predicted molar refractivity (Wildman–Crippen MR) is 105 cm³/mol. The molecule has 0 saturated carbocycles. The van der Waals surface area contributed by atoms with E-state index in [1.54, 1.807) is 18.4 Å². The van der Waals surface area contributed by atoms with Gasteiger partial charge in [-0.25, -0.2) is 8.78 Å². The smallest absolute Gasteiger partial charge is 0.255 e. The highest BCUT2D eigenvalue weighted by Crippen LogP contribution is 2.47. The lowest BCUT2D eigenvalue weighted by Gasteiger charge is -2.33. The largest absolute Gasteiger partial charge is 0.380 e. The minimum Gasteiger partial charge on any atom is -0.380 e. The summed E-state index contributed by atoms with van der Waals surface area (Å²) in [7, 11) is 1.60. The van der Waals surface area contributed by atoms with E-state index in [4.69, 9.17) is 4.84 Å². The first kappa shape index (κ1) is 19.3. The van der Waals surface area contributed by atoms with Gasteiger partial charge in [0.1, 0.15) is 6.54 Å². The van der Waals surface area contributed by atoms with Crippen LogP contribution in [0.5, 0.6) is 0 Å². The number of nitrogens with zero attached hydrogens (tertiary/aromatic N) is 1. The maximum absolute atomic E-state index is 14.3. The first-order valence-electron chi connectivity index (χ1n) is 8.94. The quantitative estimate of drug-likeness (QED) is 0.636. The second kappa shape index (κ2) is 6.91. The number of para-hydroxylation sites is 2. The van der Waals surface area contributed by atoms with Crippen molar-refractivity contribution in [3.8, 4) is 0 Å². The van der Waals surface area contributed by atoms with E-state index in [0.717, 1.165) is 16.4 Å². The molecule has 26 heavy (non-hydrogen) atoms. The first-order chi connectivity index (χ1) is 12.2. The van der Waals surface area contributed by atoms with Crippen molar-refractivity contribution in [1.82, 2.24) is 4.65 Å². The van der Waals surface area contributed by atoms with Crippen LogP contribution in [0.4, 0.5) is 25.2 Å². The minimum absolute atomic E-state index is 0.00196. The SMILES string of the molecule is CO[N+]1(c2ccc(C(C)(C)C)s2)CCC(F)(F)CCNc2ccccc21. The Morgan fingerprint density at radius 2 is 1.85 bits per heavy atom. The maximum Gasteiger partial charge on any atom is 0.255 e. The highest BCUT2D eigenvalue weighted by molar-refractivity contribution is 7.16. The number of nitrogens with one attached hydrogen (secondary N) is 1. The second-order valence-electron chi connectivity index (χ2n) is 7.83. The number of hydroxylamine groups is 1. The summed E-state index contributed by atoms with van der Waals surface area (Å²) in [5, 5.41) is 4.11. The Balaban J connectivity index is 2.16. The molecule has 2 heterocycles. The molecule has 0 amide bonds. The van der Waals surface area contributed by atoms with Gasteiger partial charge in [-0.3, -0.25) is 0 Å². The van der Waals surface area contributed by atoms with Crippen molar-refractivity contribution in [3.05, 3.63) is 41.3 Å². The summed E-state index contributed by atoms with van der Waals surface area (Å²) < 4.78 is 28.6. The molecule has 1 aliphatic rings. The van der Waals surface area contributed by atoms with E-state index in [2.05, 4.69) is 32.2 Å². The van der Waals surface area contributed by atoms with Gasteiger partial charge in [0.2, 0.25) is 5.00 Å². The lowest BCUT2D eigenvalue weighted by Crippen LogP contribution is -2.45. The van der Waals surface area contributed by atoms with E-state index in [1.165, 1.54) is 4.88 Å². The molecule has 6 heteroatoms. The molecule has 1 aromatic heterocycles. The molecule has 0 fully saturated rings. The Labute approximate surface area is 158 Å². The molecule has 142 valence electrons. The maximum atomic E-state index is 14.3. The molecule has 1 aromatic carbocycles. The number of thiophene rings is 1. The summed E-state index contributed by atoms with van der Waals surface area (Å²) >= 11 is 1.63. The van der Waals surface area contributed by atoms with E-state index < -0.39 is 5.92 Å². The van der Waals surface area contributed by atoms with E-state index in [-0.39, 0.29) is 36.0 Å². The van der Waals surface area contributed by atoms with Crippen LogP contribution in [0.1, 0.15) is 38.5 Å². The van der Waals surface area contributed by atoms with Crippen LogP contribution in [0, 0.1) is 0 Å². The summed E-state index contributed by atoms with van der Waals surface area (Å²) in [6, 6.07) is 11.8. The average molecular weight is 382 g/mol. The Bertz CT molecular complexity index is 769. The van der Waals surface area contributed by atoms with Crippen LogP contribution < -0.4 is 9.96 Å². The van der Waals surface area contributed by atoms with Crippen LogP contribution >= 0.6 is 11.3 Å². The number of benzene rings is 1. The van der Waals surface area contributed by atoms with E-state index >= 15 is 0 Å². The van der Waals surface area contributed by atoms with Crippen molar-refractivity contribution in [3.63, 3.8) is 0 Å². The van der Waals surface area contributed by atoms with Gasteiger partial charge in [0.15, 0.2) is 5.69 Å². The Morgan fingerprint density at radius 1 is 1.12 bits per heavy atom.